The summed E-state index contributed by atoms with van der Waals surface area (Å²) in [6.07, 6.45) is 0. The summed E-state index contributed by atoms with van der Waals surface area (Å²) in [5, 5.41) is 23.8. The Morgan fingerprint density at radius 3 is 1.64 bits per heavy atom. The largest absolute Gasteiger partial charge is 0.769 e. The fourth-order valence-corrected chi connectivity index (χ4v) is 0.929. The molecule has 66 valence electrons. The van der Waals surface area contributed by atoms with Gasteiger partial charge >= 0.3 is 0 Å². The Kier molecular flexibility index (Phi) is 2.43. The monoisotopic (exact) mass is 161 g/mol. The second-order valence-electron chi connectivity index (χ2n) is 2.52. The van der Waals surface area contributed by atoms with Crippen LogP contribution in [0.15, 0.2) is 0 Å². The van der Waals surface area contributed by atoms with Crippen molar-refractivity contribution in [2.75, 3.05) is 7.11 Å². The van der Waals surface area contributed by atoms with Crippen LogP contribution in [0.3, 0.4) is 0 Å². The third-order valence-corrected chi connectivity index (χ3v) is 1.90. The highest BCUT2D eigenvalue weighted by molar-refractivity contribution is 4.82. The molecule has 1 saturated heterocycles. The number of rotatable bonds is 1. The molecule has 0 radical (unpaired) electrons. The summed E-state index contributed by atoms with van der Waals surface area (Å²) in [6.45, 7) is 3.34. The van der Waals surface area contributed by atoms with Gasteiger partial charge in [0.05, 0.1) is 7.11 Å². The van der Waals surface area contributed by atoms with Gasteiger partial charge in [-0.05, 0) is 13.8 Å². The van der Waals surface area contributed by atoms with E-state index in [0.717, 1.165) is 0 Å². The molecule has 1 aliphatic heterocycles. The van der Waals surface area contributed by atoms with Crippen LogP contribution in [0.1, 0.15) is 13.8 Å². The lowest BCUT2D eigenvalue weighted by Crippen LogP contribution is -2.39. The average molecular weight is 161 g/mol. The second kappa shape index (κ2) is 3.02. The Balaban J connectivity index is 2.69. The van der Waals surface area contributed by atoms with Crippen LogP contribution in [-0.2, 0) is 4.84 Å². The summed E-state index contributed by atoms with van der Waals surface area (Å²) >= 11 is 0. The van der Waals surface area contributed by atoms with Gasteiger partial charge in [0, 0.05) is 12.1 Å². The number of hydrogen-bond donors (Lipinski definition) is 0. The summed E-state index contributed by atoms with van der Waals surface area (Å²) in [5.74, 6) is 0. The van der Waals surface area contributed by atoms with Gasteiger partial charge in [-0.1, -0.05) is 5.28 Å². The zero-order valence-electron chi connectivity index (χ0n) is 6.72. The molecule has 0 spiro atoms. The van der Waals surface area contributed by atoms with Crippen LogP contribution in [0.2, 0.25) is 0 Å². The van der Waals surface area contributed by atoms with Gasteiger partial charge in [-0.25, -0.2) is 0 Å². The smallest absolute Gasteiger partial charge is 0.0606 e. The van der Waals surface area contributed by atoms with Crippen molar-refractivity contribution in [3.05, 3.63) is 10.4 Å². The highest BCUT2D eigenvalue weighted by Crippen LogP contribution is 2.22. The molecule has 1 rings (SSSR count). The molecule has 1 heterocycles. The van der Waals surface area contributed by atoms with Gasteiger partial charge in [0.1, 0.15) is 0 Å². The molecule has 2 unspecified atom stereocenters. The zero-order valence-corrected chi connectivity index (χ0v) is 6.72. The summed E-state index contributed by atoms with van der Waals surface area (Å²) in [5.41, 5.74) is 0. The minimum Gasteiger partial charge on any atom is -0.769 e. The lowest BCUT2D eigenvalue weighted by molar-refractivity contribution is -0.320. The van der Waals surface area contributed by atoms with Crippen molar-refractivity contribution in [3.63, 3.8) is 0 Å². The summed E-state index contributed by atoms with van der Waals surface area (Å²) in [6, 6.07) is -0.736. The van der Waals surface area contributed by atoms with Gasteiger partial charge in [0.15, 0.2) is 0 Å². The van der Waals surface area contributed by atoms with Gasteiger partial charge in [-0.2, -0.15) is 0 Å². The van der Waals surface area contributed by atoms with E-state index in [4.69, 9.17) is 0 Å². The van der Waals surface area contributed by atoms with E-state index in [1.807, 2.05) is 0 Å². The van der Waals surface area contributed by atoms with E-state index in [1.54, 1.807) is 13.8 Å². The minimum atomic E-state index is -0.368. The quantitative estimate of drug-likeness (QED) is 0.542. The van der Waals surface area contributed by atoms with Crippen LogP contribution >= 0.6 is 0 Å². The van der Waals surface area contributed by atoms with Crippen molar-refractivity contribution >= 4 is 0 Å². The van der Waals surface area contributed by atoms with E-state index in [0.29, 0.717) is 15.6 Å². The van der Waals surface area contributed by atoms with Gasteiger partial charge in [0.25, 0.3) is 0 Å². The molecule has 0 aromatic rings. The van der Waals surface area contributed by atoms with Crippen molar-refractivity contribution in [1.82, 2.24) is 15.6 Å². The fraction of sp³-hybridized carbons (Fsp3) is 1.00. The molecule has 0 bridgehead atoms. The molecule has 1 aliphatic rings. The molecule has 0 aliphatic carbocycles. The Labute approximate surface area is 65.0 Å². The molecule has 1 fully saturated rings. The molecule has 6 nitrogen and oxygen atoms in total. The molecule has 11 heavy (non-hydrogen) atoms. The maximum absolute atomic E-state index is 11.0. The molecule has 0 aromatic carbocycles. The highest BCUT2D eigenvalue weighted by Gasteiger charge is 2.30. The highest BCUT2D eigenvalue weighted by atomic mass is 16.9. The van der Waals surface area contributed by atoms with Crippen molar-refractivity contribution in [2.24, 2.45) is 0 Å². The fourth-order valence-electron chi connectivity index (χ4n) is 0.929. The zero-order chi connectivity index (χ0) is 8.59. The van der Waals surface area contributed by atoms with Crippen LogP contribution in [-0.4, -0.2) is 34.8 Å². The number of hydroxylamine groups is 2. The summed E-state index contributed by atoms with van der Waals surface area (Å²) < 4.78 is 0. The van der Waals surface area contributed by atoms with Crippen LogP contribution in [0, 0.1) is 10.4 Å². The first-order chi connectivity index (χ1) is 5.09. The first-order valence-electron chi connectivity index (χ1n) is 3.36. The first-order valence-corrected chi connectivity index (χ1v) is 3.36. The van der Waals surface area contributed by atoms with E-state index < -0.39 is 0 Å². The maximum atomic E-state index is 11.0. The second-order valence-corrected chi connectivity index (χ2v) is 2.52. The standard InChI is InChI=1S/C5H11N3O3/c1-4-5(2)7(10)8(11-3)6(4)9/h4-5H,1-3H3/q-2. The van der Waals surface area contributed by atoms with Crippen LogP contribution < -0.4 is 0 Å². The molecule has 2 atom stereocenters. The van der Waals surface area contributed by atoms with Crippen LogP contribution in [0.5, 0.6) is 0 Å². The Bertz CT molecular complexity index is 131. The van der Waals surface area contributed by atoms with Gasteiger partial charge in [0.2, 0.25) is 0 Å². The van der Waals surface area contributed by atoms with Gasteiger partial charge < -0.3 is 10.4 Å². The van der Waals surface area contributed by atoms with Crippen LogP contribution in [0.4, 0.5) is 0 Å². The Morgan fingerprint density at radius 2 is 1.45 bits per heavy atom. The number of nitrogens with zero attached hydrogens (tertiary/aromatic N) is 3. The molecule has 6 heteroatoms. The van der Waals surface area contributed by atoms with E-state index in [1.165, 1.54) is 7.11 Å². The van der Waals surface area contributed by atoms with Crippen LogP contribution in [0.25, 0.3) is 0 Å². The van der Waals surface area contributed by atoms with E-state index in [9.17, 15) is 10.4 Å². The predicted molar refractivity (Wildman–Crippen MR) is 38.2 cm³/mol. The topological polar surface area (TPSA) is 65.1 Å². The van der Waals surface area contributed by atoms with E-state index in [-0.39, 0.29) is 12.1 Å². The molecule has 0 amide bonds. The van der Waals surface area contributed by atoms with Gasteiger partial charge in [-0.3, -0.25) is 15.2 Å². The summed E-state index contributed by atoms with van der Waals surface area (Å²) in [4.78, 5) is 4.54. The minimum absolute atomic E-state index is 0.368. The lowest BCUT2D eigenvalue weighted by atomic mass is 10.2. The van der Waals surface area contributed by atoms with Crippen molar-refractivity contribution < 1.29 is 4.84 Å². The van der Waals surface area contributed by atoms with E-state index >= 15 is 0 Å². The Morgan fingerprint density at radius 1 is 1.09 bits per heavy atom. The molecular formula is C5H11N3O3-2. The third kappa shape index (κ3) is 1.24. The molecule has 0 aromatic heterocycles. The van der Waals surface area contributed by atoms with Crippen molar-refractivity contribution in [3.8, 4) is 0 Å². The first kappa shape index (κ1) is 8.85. The third-order valence-electron chi connectivity index (χ3n) is 1.90. The van der Waals surface area contributed by atoms with Crippen molar-refractivity contribution in [1.29, 1.82) is 0 Å². The molecular weight excluding hydrogens is 150 g/mol. The SMILES string of the molecule is CON1N([O-])C(C)C(C)N1[O-]. The molecule has 0 saturated carbocycles. The average Bonchev–Trinajstić information content (AvgIpc) is 2.17. The number of hydrogen-bond acceptors (Lipinski definition) is 6. The molecule has 0 N–H and O–H groups in total. The maximum Gasteiger partial charge on any atom is 0.0606 e. The lowest BCUT2D eigenvalue weighted by Gasteiger charge is -2.38. The predicted octanol–water partition coefficient (Wildman–Crippen LogP) is 0.0700. The van der Waals surface area contributed by atoms with Crippen molar-refractivity contribution in [2.45, 2.75) is 25.9 Å². The van der Waals surface area contributed by atoms with E-state index in [2.05, 4.69) is 4.84 Å². The Hall–Kier alpha value is -0.240. The van der Waals surface area contributed by atoms with Gasteiger partial charge in [-0.15, -0.1) is 0 Å². The number of hydrazine groups is 2. The summed E-state index contributed by atoms with van der Waals surface area (Å²) in [7, 11) is 1.28. The normalized spacial score (nSPS) is 36.8.